The molecule has 2 rings (SSSR count). The molecule has 0 amide bonds. The zero-order valence-corrected chi connectivity index (χ0v) is 7.82. The summed E-state index contributed by atoms with van der Waals surface area (Å²) < 4.78 is 4.94. The number of benzene rings is 1. The molecule has 1 unspecified atom stereocenters. The van der Waals surface area contributed by atoms with E-state index in [2.05, 4.69) is 0 Å². The molecule has 0 aliphatic carbocycles. The second-order valence-electron chi connectivity index (χ2n) is 3.39. The lowest BCUT2D eigenvalue weighted by Crippen LogP contribution is -2.29. The molecule has 1 aliphatic rings. The van der Waals surface area contributed by atoms with Gasteiger partial charge in [-0.25, -0.2) is 4.79 Å². The number of fused-ring (bicyclic) bond motifs is 1. The van der Waals surface area contributed by atoms with Crippen LogP contribution in [-0.4, -0.2) is 18.4 Å². The van der Waals surface area contributed by atoms with Crippen LogP contribution in [0.5, 0.6) is 0 Å². The quantitative estimate of drug-likeness (QED) is 0.495. The lowest BCUT2D eigenvalue weighted by Gasteiger charge is -2.21. The molecule has 0 saturated carbocycles. The van der Waals surface area contributed by atoms with Crippen molar-refractivity contribution in [2.45, 2.75) is 19.4 Å². The first-order valence-electron chi connectivity index (χ1n) is 4.47. The monoisotopic (exact) mass is 190 g/mol. The number of aldehydes is 1. The summed E-state index contributed by atoms with van der Waals surface area (Å²) in [5, 5.41) is 0. The Morgan fingerprint density at radius 3 is 3.00 bits per heavy atom. The van der Waals surface area contributed by atoms with Gasteiger partial charge in [0.25, 0.3) is 0 Å². The van der Waals surface area contributed by atoms with Crippen LogP contribution < -0.4 is 0 Å². The summed E-state index contributed by atoms with van der Waals surface area (Å²) in [5.41, 5.74) is 2.42. The number of esters is 1. The molecule has 0 N–H and O–H groups in total. The van der Waals surface area contributed by atoms with Gasteiger partial charge in [-0.3, -0.25) is 4.79 Å². The smallest absolute Gasteiger partial charge is 0.339 e. The van der Waals surface area contributed by atoms with E-state index in [1.165, 1.54) is 0 Å². The van der Waals surface area contributed by atoms with Gasteiger partial charge in [-0.2, -0.15) is 0 Å². The fourth-order valence-corrected chi connectivity index (χ4v) is 1.72. The summed E-state index contributed by atoms with van der Waals surface area (Å²) in [4.78, 5) is 22.0. The molecule has 1 heterocycles. The number of aryl methyl sites for hydroxylation is 1. The van der Waals surface area contributed by atoms with Crippen LogP contribution in [0, 0.1) is 6.92 Å². The van der Waals surface area contributed by atoms with Gasteiger partial charge in [0.05, 0.1) is 5.56 Å². The predicted octanol–water partition coefficient (Wildman–Crippen LogP) is 1.28. The SMILES string of the molecule is Cc1cccc2c1C(=O)OC(C=O)C2. The van der Waals surface area contributed by atoms with Crippen LogP contribution in [-0.2, 0) is 16.0 Å². The Morgan fingerprint density at radius 1 is 1.50 bits per heavy atom. The van der Waals surface area contributed by atoms with E-state index >= 15 is 0 Å². The maximum Gasteiger partial charge on any atom is 0.339 e. The Balaban J connectivity index is 2.49. The highest BCUT2D eigenvalue weighted by molar-refractivity contribution is 5.95. The lowest BCUT2D eigenvalue weighted by molar-refractivity contribution is -0.115. The summed E-state index contributed by atoms with van der Waals surface area (Å²) >= 11 is 0. The first-order valence-corrected chi connectivity index (χ1v) is 4.47. The topological polar surface area (TPSA) is 43.4 Å². The lowest BCUT2D eigenvalue weighted by atomic mass is 9.95. The molecule has 0 radical (unpaired) electrons. The molecule has 0 aromatic heterocycles. The van der Waals surface area contributed by atoms with Crippen molar-refractivity contribution in [2.24, 2.45) is 0 Å². The van der Waals surface area contributed by atoms with Gasteiger partial charge in [-0.15, -0.1) is 0 Å². The van der Waals surface area contributed by atoms with Crippen molar-refractivity contribution in [1.82, 2.24) is 0 Å². The van der Waals surface area contributed by atoms with Gasteiger partial charge in [-0.1, -0.05) is 18.2 Å². The summed E-state index contributed by atoms with van der Waals surface area (Å²) in [6.45, 7) is 1.86. The van der Waals surface area contributed by atoms with Gasteiger partial charge < -0.3 is 4.74 Å². The van der Waals surface area contributed by atoms with E-state index in [-0.39, 0.29) is 5.97 Å². The van der Waals surface area contributed by atoms with E-state index in [1.54, 1.807) is 0 Å². The van der Waals surface area contributed by atoms with Crippen LogP contribution >= 0.6 is 0 Å². The summed E-state index contributed by atoms with van der Waals surface area (Å²) in [7, 11) is 0. The van der Waals surface area contributed by atoms with Gasteiger partial charge in [0.1, 0.15) is 0 Å². The van der Waals surface area contributed by atoms with E-state index < -0.39 is 6.10 Å². The van der Waals surface area contributed by atoms with Crippen molar-refractivity contribution in [3.63, 3.8) is 0 Å². The normalized spacial score (nSPS) is 19.8. The van der Waals surface area contributed by atoms with Gasteiger partial charge in [-0.05, 0) is 18.1 Å². The van der Waals surface area contributed by atoms with Crippen molar-refractivity contribution in [2.75, 3.05) is 0 Å². The van der Waals surface area contributed by atoms with E-state index in [9.17, 15) is 9.59 Å². The molecule has 0 spiro atoms. The highest BCUT2D eigenvalue weighted by Crippen LogP contribution is 2.22. The first kappa shape index (κ1) is 8.94. The molecule has 1 aliphatic heterocycles. The maximum atomic E-state index is 11.5. The Hall–Kier alpha value is -1.64. The average molecular weight is 190 g/mol. The highest BCUT2D eigenvalue weighted by atomic mass is 16.5. The van der Waals surface area contributed by atoms with E-state index in [0.29, 0.717) is 18.3 Å². The van der Waals surface area contributed by atoms with Crippen molar-refractivity contribution < 1.29 is 14.3 Å². The third-order valence-electron chi connectivity index (χ3n) is 2.39. The Morgan fingerprint density at radius 2 is 2.29 bits per heavy atom. The van der Waals surface area contributed by atoms with Crippen molar-refractivity contribution in [1.29, 1.82) is 0 Å². The Labute approximate surface area is 81.7 Å². The second kappa shape index (κ2) is 3.25. The molecule has 0 saturated heterocycles. The van der Waals surface area contributed by atoms with Crippen LogP contribution in [0.4, 0.5) is 0 Å². The second-order valence-corrected chi connectivity index (χ2v) is 3.39. The molecule has 1 aromatic rings. The number of carbonyl (C=O) groups excluding carboxylic acids is 2. The number of rotatable bonds is 1. The molecule has 1 aromatic carbocycles. The number of hydrogen-bond acceptors (Lipinski definition) is 3. The fourth-order valence-electron chi connectivity index (χ4n) is 1.72. The van der Waals surface area contributed by atoms with Crippen LogP contribution in [0.25, 0.3) is 0 Å². The Kier molecular flexibility index (Phi) is 2.08. The highest BCUT2D eigenvalue weighted by Gasteiger charge is 2.26. The van der Waals surface area contributed by atoms with E-state index in [4.69, 9.17) is 4.74 Å². The van der Waals surface area contributed by atoms with Crippen molar-refractivity contribution in [3.8, 4) is 0 Å². The van der Waals surface area contributed by atoms with Gasteiger partial charge in [0.2, 0.25) is 0 Å². The summed E-state index contributed by atoms with van der Waals surface area (Å²) in [5.74, 6) is -0.388. The van der Waals surface area contributed by atoms with Crippen molar-refractivity contribution in [3.05, 3.63) is 34.9 Å². The fraction of sp³-hybridized carbons (Fsp3) is 0.273. The molecular weight excluding hydrogens is 180 g/mol. The van der Waals surface area contributed by atoms with Crippen LogP contribution in [0.2, 0.25) is 0 Å². The minimum atomic E-state index is -0.614. The van der Waals surface area contributed by atoms with Gasteiger partial charge in [0.15, 0.2) is 12.4 Å². The summed E-state index contributed by atoms with van der Waals surface area (Å²) in [6, 6.07) is 5.61. The van der Waals surface area contributed by atoms with E-state index in [1.807, 2.05) is 25.1 Å². The minimum Gasteiger partial charge on any atom is -0.451 e. The molecule has 1 atom stereocenters. The van der Waals surface area contributed by atoms with Crippen LogP contribution in [0.15, 0.2) is 18.2 Å². The number of cyclic esters (lactones) is 1. The maximum absolute atomic E-state index is 11.5. The third-order valence-corrected chi connectivity index (χ3v) is 2.39. The molecule has 3 nitrogen and oxygen atoms in total. The predicted molar refractivity (Wildman–Crippen MR) is 50.2 cm³/mol. The Bertz CT molecular complexity index is 396. The van der Waals surface area contributed by atoms with Gasteiger partial charge in [0, 0.05) is 6.42 Å². The largest absolute Gasteiger partial charge is 0.451 e. The molecular formula is C11H10O3. The van der Waals surface area contributed by atoms with E-state index in [0.717, 1.165) is 11.1 Å². The van der Waals surface area contributed by atoms with Crippen LogP contribution in [0.3, 0.4) is 0 Å². The molecule has 14 heavy (non-hydrogen) atoms. The van der Waals surface area contributed by atoms with Gasteiger partial charge >= 0.3 is 5.97 Å². The number of hydrogen-bond donors (Lipinski definition) is 0. The molecule has 0 fully saturated rings. The van der Waals surface area contributed by atoms with Crippen LogP contribution in [0.1, 0.15) is 21.5 Å². The van der Waals surface area contributed by atoms with Crippen molar-refractivity contribution >= 4 is 12.3 Å². The number of ether oxygens (including phenoxy) is 1. The first-order chi connectivity index (χ1) is 6.72. The molecule has 72 valence electrons. The molecule has 0 bridgehead atoms. The minimum absolute atomic E-state index is 0.388. The average Bonchev–Trinajstić information content (AvgIpc) is 2.17. The number of carbonyl (C=O) groups is 2. The standard InChI is InChI=1S/C11H10O3/c1-7-3-2-4-8-5-9(6-12)14-11(13)10(7)8/h2-4,6,9H,5H2,1H3. The zero-order chi connectivity index (χ0) is 10.1. The third kappa shape index (κ3) is 1.31. The molecule has 3 heteroatoms. The summed E-state index contributed by atoms with van der Waals surface area (Å²) in [6.07, 6.45) is 0.548. The zero-order valence-electron chi connectivity index (χ0n) is 7.82.